The number of hydrogen-bond donors (Lipinski definition) is 1. The Morgan fingerprint density at radius 3 is 2.61 bits per heavy atom. The third-order valence-corrected chi connectivity index (χ3v) is 5.32. The second-order valence-corrected chi connectivity index (χ2v) is 8.88. The molecule has 0 atom stereocenters. The van der Waals surface area contributed by atoms with Crippen LogP contribution in [0.25, 0.3) is 11.1 Å². The van der Waals surface area contributed by atoms with Crippen molar-refractivity contribution in [2.24, 2.45) is 0 Å². The lowest BCUT2D eigenvalue weighted by Gasteiger charge is -2.15. The molecule has 7 nitrogen and oxygen atoms in total. The van der Waals surface area contributed by atoms with Gasteiger partial charge in [-0.05, 0) is 35.2 Å². The Labute approximate surface area is 187 Å². The highest BCUT2D eigenvalue weighted by atomic mass is 19.4. The van der Waals surface area contributed by atoms with Crippen molar-refractivity contribution in [2.45, 2.75) is 51.6 Å². The third-order valence-electron chi connectivity index (χ3n) is 5.32. The number of fused-ring (bicyclic) bond motifs is 1. The fourth-order valence-corrected chi connectivity index (χ4v) is 3.61. The molecule has 1 aliphatic rings. The van der Waals surface area contributed by atoms with Crippen LogP contribution in [0, 0.1) is 0 Å². The van der Waals surface area contributed by atoms with Crippen LogP contribution in [0.4, 0.5) is 19.0 Å². The molecule has 1 aromatic carbocycles. The SMILES string of the molecule is CC(C)(C)c1nc(C(=O)CCc2ccc(-c3ccnc4c3CC(=O)N4)cc2C(F)(F)F)no1. The highest BCUT2D eigenvalue weighted by molar-refractivity contribution is 6.00. The van der Waals surface area contributed by atoms with Crippen molar-refractivity contribution in [3.8, 4) is 11.1 Å². The minimum atomic E-state index is -4.62. The molecule has 0 saturated heterocycles. The van der Waals surface area contributed by atoms with E-state index in [4.69, 9.17) is 4.52 Å². The summed E-state index contributed by atoms with van der Waals surface area (Å²) in [7, 11) is 0. The minimum absolute atomic E-state index is 0.0148. The van der Waals surface area contributed by atoms with Gasteiger partial charge in [0, 0.05) is 23.6 Å². The number of carbonyl (C=O) groups excluding carboxylic acids is 2. The largest absolute Gasteiger partial charge is 0.416 e. The molecule has 3 aromatic rings. The molecule has 0 spiro atoms. The Hall–Kier alpha value is -3.56. The van der Waals surface area contributed by atoms with E-state index in [1.165, 1.54) is 12.3 Å². The van der Waals surface area contributed by atoms with Crippen LogP contribution < -0.4 is 5.32 Å². The summed E-state index contributed by atoms with van der Waals surface area (Å²) in [6.45, 7) is 5.53. The number of nitrogens with one attached hydrogen (secondary N) is 1. The van der Waals surface area contributed by atoms with Gasteiger partial charge in [-0.25, -0.2) is 4.98 Å². The van der Waals surface area contributed by atoms with Gasteiger partial charge in [-0.2, -0.15) is 18.2 Å². The van der Waals surface area contributed by atoms with Crippen molar-refractivity contribution < 1.29 is 27.3 Å². The number of benzene rings is 1. The zero-order chi connectivity index (χ0) is 24.0. The maximum atomic E-state index is 13.9. The van der Waals surface area contributed by atoms with E-state index in [1.54, 1.807) is 12.1 Å². The number of aryl methyl sites for hydroxylation is 1. The first-order chi connectivity index (χ1) is 15.4. The molecule has 0 radical (unpaired) electrons. The van der Waals surface area contributed by atoms with Crippen molar-refractivity contribution in [3.63, 3.8) is 0 Å². The van der Waals surface area contributed by atoms with Crippen molar-refractivity contribution in [1.29, 1.82) is 0 Å². The van der Waals surface area contributed by atoms with E-state index in [1.807, 2.05) is 20.8 Å². The molecule has 0 saturated carbocycles. The molecule has 3 heterocycles. The quantitative estimate of drug-likeness (QED) is 0.554. The maximum Gasteiger partial charge on any atom is 0.416 e. The summed E-state index contributed by atoms with van der Waals surface area (Å²) in [6, 6.07) is 5.55. The second kappa shape index (κ2) is 8.09. The van der Waals surface area contributed by atoms with Crippen molar-refractivity contribution >= 4 is 17.5 Å². The number of rotatable bonds is 5. The zero-order valence-corrected chi connectivity index (χ0v) is 18.2. The molecule has 172 valence electrons. The first-order valence-electron chi connectivity index (χ1n) is 10.3. The van der Waals surface area contributed by atoms with Crippen molar-refractivity contribution in [1.82, 2.24) is 15.1 Å². The highest BCUT2D eigenvalue weighted by Crippen LogP contribution is 2.38. The Kier molecular flexibility index (Phi) is 5.55. The molecule has 1 amide bonds. The normalized spacial score (nSPS) is 13.7. The topological polar surface area (TPSA) is 98.0 Å². The lowest BCUT2D eigenvalue weighted by atomic mass is 9.93. The van der Waals surface area contributed by atoms with Gasteiger partial charge in [-0.15, -0.1) is 0 Å². The summed E-state index contributed by atoms with van der Waals surface area (Å²) in [6.07, 6.45) is -3.46. The van der Waals surface area contributed by atoms with E-state index in [9.17, 15) is 22.8 Å². The van der Waals surface area contributed by atoms with Gasteiger partial charge in [0.15, 0.2) is 0 Å². The Morgan fingerprint density at radius 1 is 1.18 bits per heavy atom. The summed E-state index contributed by atoms with van der Waals surface area (Å²) in [5.41, 5.74) is 0.0926. The van der Waals surface area contributed by atoms with Crippen molar-refractivity contribution in [3.05, 3.63) is 58.9 Å². The molecule has 4 rings (SSSR count). The van der Waals surface area contributed by atoms with E-state index in [0.29, 0.717) is 22.5 Å². The molecule has 0 aliphatic carbocycles. The van der Waals surface area contributed by atoms with Gasteiger partial charge >= 0.3 is 6.18 Å². The molecule has 1 aliphatic heterocycles. The number of carbonyl (C=O) groups is 2. The number of aromatic nitrogens is 3. The van der Waals surface area contributed by atoms with E-state index >= 15 is 0 Å². The number of nitrogens with zero attached hydrogens (tertiary/aromatic N) is 3. The van der Waals surface area contributed by atoms with Crippen LogP contribution in [0.3, 0.4) is 0 Å². The average molecular weight is 458 g/mol. The molecular formula is C23H21F3N4O3. The van der Waals surface area contributed by atoms with Crippen LogP contribution in [0.15, 0.2) is 35.0 Å². The molecule has 2 aromatic heterocycles. The van der Waals surface area contributed by atoms with Gasteiger partial charge < -0.3 is 9.84 Å². The second-order valence-electron chi connectivity index (χ2n) is 8.88. The number of pyridine rings is 1. The zero-order valence-electron chi connectivity index (χ0n) is 18.2. The van der Waals surface area contributed by atoms with Crippen LogP contribution >= 0.6 is 0 Å². The predicted molar refractivity (Wildman–Crippen MR) is 113 cm³/mol. The Bertz CT molecular complexity index is 1240. The number of halogens is 3. The number of anilines is 1. The van der Waals surface area contributed by atoms with Gasteiger partial charge in [0.1, 0.15) is 5.82 Å². The minimum Gasteiger partial charge on any atom is -0.338 e. The lowest BCUT2D eigenvalue weighted by molar-refractivity contribution is -0.138. The molecule has 33 heavy (non-hydrogen) atoms. The number of hydrogen-bond acceptors (Lipinski definition) is 6. The van der Waals surface area contributed by atoms with Crippen LogP contribution in [0.1, 0.15) is 60.4 Å². The first kappa shape index (κ1) is 22.6. The van der Waals surface area contributed by atoms with E-state index < -0.39 is 22.9 Å². The summed E-state index contributed by atoms with van der Waals surface area (Å²) in [5, 5.41) is 6.26. The number of alkyl halides is 3. The van der Waals surface area contributed by atoms with Crippen LogP contribution in [-0.4, -0.2) is 26.8 Å². The first-order valence-corrected chi connectivity index (χ1v) is 10.3. The van der Waals surface area contributed by atoms with E-state index in [-0.39, 0.29) is 42.4 Å². The number of amides is 1. The summed E-state index contributed by atoms with van der Waals surface area (Å²) in [5.74, 6) is -0.260. The van der Waals surface area contributed by atoms with Gasteiger partial charge in [0.05, 0.1) is 12.0 Å². The lowest BCUT2D eigenvalue weighted by Crippen LogP contribution is -2.13. The fraction of sp³-hybridized carbons (Fsp3) is 0.348. The standard InChI is InChI=1S/C23H21F3N4O3/c1-22(2,3)21-29-20(30-33-21)17(31)7-6-12-4-5-13(10-16(12)23(24,25)26)14-8-9-27-19-15(14)11-18(32)28-19/h4-5,8-10H,6-7,11H2,1-3H3,(H,27,28,32). The monoisotopic (exact) mass is 458 g/mol. The average Bonchev–Trinajstić information content (AvgIpc) is 3.37. The maximum absolute atomic E-state index is 13.9. The van der Waals surface area contributed by atoms with Gasteiger partial charge in [-0.1, -0.05) is 38.1 Å². The van der Waals surface area contributed by atoms with E-state index in [0.717, 1.165) is 6.07 Å². The van der Waals surface area contributed by atoms with Gasteiger partial charge in [0.25, 0.3) is 0 Å². The molecule has 1 N–H and O–H groups in total. The Morgan fingerprint density at radius 2 is 1.94 bits per heavy atom. The highest BCUT2D eigenvalue weighted by Gasteiger charge is 2.34. The molecule has 0 fully saturated rings. The van der Waals surface area contributed by atoms with Crippen molar-refractivity contribution in [2.75, 3.05) is 5.32 Å². The van der Waals surface area contributed by atoms with Gasteiger partial charge in [-0.3, -0.25) is 9.59 Å². The predicted octanol–water partition coefficient (Wildman–Crippen LogP) is 4.76. The third kappa shape index (κ3) is 4.64. The van der Waals surface area contributed by atoms with Crippen LogP contribution in [0.2, 0.25) is 0 Å². The molecule has 0 unspecified atom stereocenters. The van der Waals surface area contributed by atoms with Crippen LogP contribution in [0.5, 0.6) is 0 Å². The molecule has 10 heteroatoms. The number of ketones is 1. The smallest absolute Gasteiger partial charge is 0.338 e. The summed E-state index contributed by atoms with van der Waals surface area (Å²) in [4.78, 5) is 32.3. The Balaban J connectivity index is 1.60. The van der Waals surface area contributed by atoms with Crippen LogP contribution in [-0.2, 0) is 29.2 Å². The summed E-state index contributed by atoms with van der Waals surface area (Å²) < 4.78 is 46.7. The molecule has 0 bridgehead atoms. The summed E-state index contributed by atoms with van der Waals surface area (Å²) >= 11 is 0. The fourth-order valence-electron chi connectivity index (χ4n) is 3.61. The van der Waals surface area contributed by atoms with Gasteiger partial charge in [0.2, 0.25) is 23.4 Å². The van der Waals surface area contributed by atoms with E-state index in [2.05, 4.69) is 20.4 Å². The molecular weight excluding hydrogens is 437 g/mol. The number of Topliss-reactive ketones (excluding diaryl/α,β-unsaturated/α-hetero) is 1.